The highest BCUT2D eigenvalue weighted by atomic mass is 35.5. The number of anilines is 1. The van der Waals surface area contributed by atoms with E-state index in [9.17, 15) is 14.4 Å². The summed E-state index contributed by atoms with van der Waals surface area (Å²) in [4.78, 5) is 41.8. The van der Waals surface area contributed by atoms with Crippen LogP contribution < -0.4 is 16.0 Å². The Morgan fingerprint density at radius 3 is 2.38 bits per heavy atom. The predicted octanol–water partition coefficient (Wildman–Crippen LogP) is 1.34. The number of fused-ring (bicyclic) bond motifs is 1. The molecule has 5 rings (SSSR count). The van der Waals surface area contributed by atoms with E-state index < -0.39 is 5.56 Å². The van der Waals surface area contributed by atoms with Crippen LogP contribution in [0.15, 0.2) is 70.4 Å². The molecule has 0 spiro atoms. The lowest BCUT2D eigenvalue weighted by Gasteiger charge is -2.36. The first-order chi connectivity index (χ1) is 16.5. The van der Waals surface area contributed by atoms with Gasteiger partial charge in [-0.2, -0.15) is 9.78 Å². The van der Waals surface area contributed by atoms with E-state index in [1.807, 2.05) is 23.1 Å². The summed E-state index contributed by atoms with van der Waals surface area (Å²) in [6.07, 6.45) is 1.57. The van der Waals surface area contributed by atoms with Crippen molar-refractivity contribution in [3.63, 3.8) is 0 Å². The first-order valence-electron chi connectivity index (χ1n) is 10.7. The van der Waals surface area contributed by atoms with Crippen LogP contribution in [-0.4, -0.2) is 61.8 Å². The molecule has 1 amide bonds. The number of benzene rings is 2. The second-order valence-corrected chi connectivity index (χ2v) is 8.21. The van der Waals surface area contributed by atoms with Crippen LogP contribution in [0.3, 0.4) is 0 Å². The summed E-state index contributed by atoms with van der Waals surface area (Å²) in [7, 11) is 0. The van der Waals surface area contributed by atoms with Crippen LogP contribution in [0.5, 0.6) is 0 Å². The highest BCUT2D eigenvalue weighted by Gasteiger charge is 2.25. The van der Waals surface area contributed by atoms with E-state index in [4.69, 9.17) is 11.6 Å². The zero-order valence-corrected chi connectivity index (χ0v) is 18.8. The molecular formula is C23H20ClN7O3. The first-order valence-corrected chi connectivity index (χ1v) is 11.1. The van der Waals surface area contributed by atoms with Gasteiger partial charge in [-0.1, -0.05) is 47.1 Å². The molecule has 0 saturated carbocycles. The van der Waals surface area contributed by atoms with Gasteiger partial charge >= 0.3 is 0 Å². The fraction of sp³-hybridized carbons (Fsp3) is 0.217. The second-order valence-electron chi connectivity index (χ2n) is 7.83. The number of rotatable bonds is 4. The fourth-order valence-corrected chi connectivity index (χ4v) is 4.20. The SMILES string of the molecule is O=C(Cn1nnc2ccccc2c1=O)N1CCN(c2cnn(-c3ccccc3)c(=O)c2Cl)CC1. The number of halogens is 1. The van der Waals surface area contributed by atoms with Crippen LogP contribution >= 0.6 is 11.6 Å². The number of carbonyl (C=O) groups is 1. The Kier molecular flexibility index (Phi) is 5.81. The predicted molar refractivity (Wildman–Crippen MR) is 127 cm³/mol. The Morgan fingerprint density at radius 1 is 0.912 bits per heavy atom. The smallest absolute Gasteiger partial charge is 0.292 e. The first kappa shape index (κ1) is 21.8. The number of aromatic nitrogens is 5. The molecule has 34 heavy (non-hydrogen) atoms. The van der Waals surface area contributed by atoms with E-state index in [-0.39, 0.29) is 23.0 Å². The largest absolute Gasteiger partial charge is 0.365 e. The third-order valence-electron chi connectivity index (χ3n) is 5.79. The minimum absolute atomic E-state index is 0.0802. The number of hydrogen-bond acceptors (Lipinski definition) is 7. The van der Waals surface area contributed by atoms with Crippen LogP contribution in [0.1, 0.15) is 0 Å². The molecule has 172 valence electrons. The monoisotopic (exact) mass is 477 g/mol. The normalized spacial score (nSPS) is 13.9. The summed E-state index contributed by atoms with van der Waals surface area (Å²) in [6, 6.07) is 15.9. The number of carbonyl (C=O) groups excluding carboxylic acids is 1. The topological polar surface area (TPSA) is 106 Å². The van der Waals surface area contributed by atoms with Gasteiger partial charge in [-0.3, -0.25) is 14.4 Å². The van der Waals surface area contributed by atoms with Gasteiger partial charge in [0.15, 0.2) is 0 Å². The molecule has 0 unspecified atom stereocenters. The lowest BCUT2D eigenvalue weighted by Crippen LogP contribution is -2.50. The summed E-state index contributed by atoms with van der Waals surface area (Å²) in [5, 5.41) is 12.7. The van der Waals surface area contributed by atoms with Crippen molar-refractivity contribution in [2.75, 3.05) is 31.1 Å². The standard InChI is InChI=1S/C23H20ClN7O3/c24-21-19(14-25-31(23(21)34)16-6-2-1-3-7-16)28-10-12-29(13-11-28)20(32)15-30-22(33)17-8-4-5-9-18(17)26-27-30/h1-9,14H,10-13,15H2. The van der Waals surface area contributed by atoms with Crippen molar-refractivity contribution in [2.45, 2.75) is 6.54 Å². The number of amides is 1. The molecule has 1 saturated heterocycles. The quantitative estimate of drug-likeness (QED) is 0.436. The highest BCUT2D eigenvalue weighted by Crippen LogP contribution is 2.23. The van der Waals surface area contributed by atoms with E-state index in [1.165, 1.54) is 4.68 Å². The number of para-hydroxylation sites is 1. The molecule has 1 aliphatic heterocycles. The summed E-state index contributed by atoms with van der Waals surface area (Å²) in [5.74, 6) is -0.227. The van der Waals surface area contributed by atoms with Crippen molar-refractivity contribution >= 4 is 34.1 Å². The maximum absolute atomic E-state index is 12.8. The zero-order valence-electron chi connectivity index (χ0n) is 18.0. The maximum Gasteiger partial charge on any atom is 0.292 e. The minimum Gasteiger partial charge on any atom is -0.365 e. The molecule has 0 atom stereocenters. The third kappa shape index (κ3) is 4.03. The van der Waals surface area contributed by atoms with Gasteiger partial charge in [-0.05, 0) is 24.3 Å². The summed E-state index contributed by atoms with van der Waals surface area (Å²) >= 11 is 6.40. The zero-order chi connectivity index (χ0) is 23.7. The van der Waals surface area contributed by atoms with Crippen LogP contribution in [0.25, 0.3) is 16.6 Å². The lowest BCUT2D eigenvalue weighted by molar-refractivity contribution is -0.132. The molecule has 2 aromatic carbocycles. The highest BCUT2D eigenvalue weighted by molar-refractivity contribution is 6.33. The van der Waals surface area contributed by atoms with Gasteiger partial charge in [0.1, 0.15) is 17.1 Å². The Balaban J connectivity index is 1.27. The van der Waals surface area contributed by atoms with Crippen LogP contribution in [0.2, 0.25) is 5.02 Å². The maximum atomic E-state index is 12.8. The Morgan fingerprint density at radius 2 is 1.62 bits per heavy atom. The molecule has 1 aliphatic rings. The van der Waals surface area contributed by atoms with Gasteiger partial charge in [-0.15, -0.1) is 5.10 Å². The van der Waals surface area contributed by atoms with Gasteiger partial charge < -0.3 is 9.80 Å². The lowest BCUT2D eigenvalue weighted by atomic mass is 10.2. The van der Waals surface area contributed by atoms with E-state index in [0.717, 1.165) is 4.68 Å². The Hall–Kier alpha value is -4.05. The molecule has 10 nitrogen and oxygen atoms in total. The van der Waals surface area contributed by atoms with Crippen molar-refractivity contribution in [3.8, 4) is 5.69 Å². The van der Waals surface area contributed by atoms with Crippen LogP contribution in [0, 0.1) is 0 Å². The van der Waals surface area contributed by atoms with Gasteiger partial charge in [0, 0.05) is 26.2 Å². The van der Waals surface area contributed by atoms with Gasteiger partial charge in [-0.25, -0.2) is 4.68 Å². The van der Waals surface area contributed by atoms with Gasteiger partial charge in [0.05, 0.1) is 23.0 Å². The fourth-order valence-electron chi connectivity index (χ4n) is 3.95. The van der Waals surface area contributed by atoms with Crippen LogP contribution in [0.4, 0.5) is 5.69 Å². The average molecular weight is 478 g/mol. The molecule has 0 radical (unpaired) electrons. The Labute approximate surface area is 198 Å². The molecule has 0 aliphatic carbocycles. The van der Waals surface area contributed by atoms with Gasteiger partial charge in [0.25, 0.3) is 11.1 Å². The van der Waals surface area contributed by atoms with Crippen molar-refractivity contribution in [2.24, 2.45) is 0 Å². The average Bonchev–Trinajstić information content (AvgIpc) is 2.88. The number of nitrogens with zero attached hydrogens (tertiary/aromatic N) is 7. The molecular weight excluding hydrogens is 458 g/mol. The van der Waals surface area contributed by atoms with Crippen molar-refractivity contribution < 1.29 is 4.79 Å². The van der Waals surface area contributed by atoms with Gasteiger partial charge in [0.2, 0.25) is 5.91 Å². The molecule has 11 heteroatoms. The molecule has 2 aromatic heterocycles. The van der Waals surface area contributed by atoms with E-state index >= 15 is 0 Å². The second kappa shape index (κ2) is 9.06. The van der Waals surface area contributed by atoms with Crippen LogP contribution in [-0.2, 0) is 11.3 Å². The van der Waals surface area contributed by atoms with E-state index in [1.54, 1.807) is 47.5 Å². The third-order valence-corrected chi connectivity index (χ3v) is 6.14. The van der Waals surface area contributed by atoms with E-state index in [0.29, 0.717) is 48.5 Å². The van der Waals surface area contributed by atoms with E-state index in [2.05, 4.69) is 15.4 Å². The number of hydrogen-bond donors (Lipinski definition) is 0. The molecule has 0 N–H and O–H groups in total. The minimum atomic E-state index is -0.405. The summed E-state index contributed by atoms with van der Waals surface area (Å²) in [5.41, 5.74) is 0.892. The molecule has 4 aromatic rings. The summed E-state index contributed by atoms with van der Waals surface area (Å²) < 4.78 is 2.34. The Bertz CT molecular complexity index is 1480. The summed E-state index contributed by atoms with van der Waals surface area (Å²) in [6.45, 7) is 1.58. The van der Waals surface area contributed by atoms with Crippen molar-refractivity contribution in [3.05, 3.63) is 86.5 Å². The number of piperazine rings is 1. The molecule has 3 heterocycles. The van der Waals surface area contributed by atoms with Crippen molar-refractivity contribution in [1.82, 2.24) is 29.7 Å². The van der Waals surface area contributed by atoms with Crippen molar-refractivity contribution in [1.29, 1.82) is 0 Å². The molecule has 0 bridgehead atoms. The molecule has 1 fully saturated rings.